The Morgan fingerprint density at radius 3 is 2.73 bits per heavy atom. The fraction of sp³-hybridized carbons (Fsp3) is 0.412. The zero-order chi connectivity index (χ0) is 15.9. The van der Waals surface area contributed by atoms with Crippen LogP contribution in [0, 0.1) is 0 Å². The molecule has 0 bridgehead atoms. The molecule has 0 radical (unpaired) electrons. The maximum absolute atomic E-state index is 12.6. The van der Waals surface area contributed by atoms with Gasteiger partial charge < -0.3 is 14.7 Å². The quantitative estimate of drug-likeness (QED) is 0.814. The average molecular weight is 303 g/mol. The fourth-order valence-corrected chi connectivity index (χ4v) is 2.62. The summed E-state index contributed by atoms with van der Waals surface area (Å²) in [5.74, 6) is -0.605. The Morgan fingerprint density at radius 1 is 1.36 bits per heavy atom. The van der Waals surface area contributed by atoms with Gasteiger partial charge in [0.2, 0.25) is 0 Å². The molecule has 1 atom stereocenters. The molecule has 1 aromatic rings. The van der Waals surface area contributed by atoms with Crippen molar-refractivity contribution in [3.63, 3.8) is 0 Å². The number of benzene rings is 1. The molecule has 5 nitrogen and oxygen atoms in total. The molecule has 1 N–H and O–H groups in total. The van der Waals surface area contributed by atoms with Crippen LogP contribution >= 0.6 is 0 Å². The second-order valence-electron chi connectivity index (χ2n) is 5.11. The number of nitrogens with zero attached hydrogens (tertiary/aromatic N) is 1. The van der Waals surface area contributed by atoms with E-state index in [2.05, 4.69) is 0 Å². The third kappa shape index (κ3) is 3.74. The molecule has 1 amide bonds. The van der Waals surface area contributed by atoms with Crippen LogP contribution in [0.3, 0.4) is 0 Å². The van der Waals surface area contributed by atoms with Crippen LogP contribution in [0.2, 0.25) is 0 Å². The summed E-state index contributed by atoms with van der Waals surface area (Å²) in [4.78, 5) is 25.8. The van der Waals surface area contributed by atoms with Crippen LogP contribution in [0.5, 0.6) is 0 Å². The molecule has 1 aromatic carbocycles. The van der Waals surface area contributed by atoms with Gasteiger partial charge in [-0.25, -0.2) is 0 Å². The molecule has 0 unspecified atom stereocenters. The van der Waals surface area contributed by atoms with Gasteiger partial charge in [-0.1, -0.05) is 36.4 Å². The van der Waals surface area contributed by atoms with Gasteiger partial charge in [-0.15, -0.1) is 0 Å². The number of hydrogen-bond acceptors (Lipinski definition) is 4. The van der Waals surface area contributed by atoms with E-state index in [1.165, 1.54) is 0 Å². The minimum Gasteiger partial charge on any atom is -0.466 e. The maximum Gasteiger partial charge on any atom is 0.310 e. The summed E-state index contributed by atoms with van der Waals surface area (Å²) in [7, 11) is 0. The molecule has 5 heteroatoms. The zero-order valence-corrected chi connectivity index (χ0v) is 12.7. The zero-order valence-electron chi connectivity index (χ0n) is 12.7. The summed E-state index contributed by atoms with van der Waals surface area (Å²) in [6.07, 6.45) is 2.44. The molecule has 0 fully saturated rings. The Kier molecular flexibility index (Phi) is 5.72. The highest BCUT2D eigenvalue weighted by atomic mass is 16.5. The second-order valence-corrected chi connectivity index (χ2v) is 5.11. The molecule has 2 rings (SSSR count). The van der Waals surface area contributed by atoms with Crippen molar-refractivity contribution in [1.29, 1.82) is 0 Å². The third-order valence-electron chi connectivity index (χ3n) is 3.67. The Morgan fingerprint density at radius 2 is 2.09 bits per heavy atom. The highest BCUT2D eigenvalue weighted by molar-refractivity contribution is 5.98. The van der Waals surface area contributed by atoms with Gasteiger partial charge in [0.15, 0.2) is 0 Å². The number of amides is 1. The van der Waals surface area contributed by atoms with Crippen molar-refractivity contribution in [2.45, 2.75) is 25.8 Å². The Bertz CT molecular complexity index is 553. The lowest BCUT2D eigenvalue weighted by Gasteiger charge is -2.34. The van der Waals surface area contributed by atoms with Crippen molar-refractivity contribution in [3.05, 3.63) is 47.5 Å². The van der Waals surface area contributed by atoms with E-state index >= 15 is 0 Å². The Hall–Kier alpha value is -2.14. The van der Waals surface area contributed by atoms with E-state index in [1.807, 2.05) is 30.3 Å². The van der Waals surface area contributed by atoms with E-state index in [4.69, 9.17) is 4.74 Å². The van der Waals surface area contributed by atoms with Crippen LogP contribution in [-0.4, -0.2) is 41.6 Å². The van der Waals surface area contributed by atoms with Crippen molar-refractivity contribution < 1.29 is 19.4 Å². The SMILES string of the molecule is CCOC(=O)CC1=CCCN([C@@H](CO)c2ccccc2)C1=O. The first kappa shape index (κ1) is 16.2. The lowest BCUT2D eigenvalue weighted by Crippen LogP contribution is -2.40. The summed E-state index contributed by atoms with van der Waals surface area (Å²) >= 11 is 0. The average Bonchev–Trinajstić information content (AvgIpc) is 2.53. The summed E-state index contributed by atoms with van der Waals surface area (Å²) in [6.45, 7) is 2.42. The highest BCUT2D eigenvalue weighted by Crippen LogP contribution is 2.26. The lowest BCUT2D eigenvalue weighted by atomic mass is 10.00. The van der Waals surface area contributed by atoms with Gasteiger partial charge in [0, 0.05) is 12.1 Å². The van der Waals surface area contributed by atoms with Crippen molar-refractivity contribution in [2.24, 2.45) is 0 Å². The molecule has 1 heterocycles. The summed E-state index contributed by atoms with van der Waals surface area (Å²) in [5, 5.41) is 9.70. The van der Waals surface area contributed by atoms with E-state index < -0.39 is 5.97 Å². The van der Waals surface area contributed by atoms with Crippen molar-refractivity contribution in [1.82, 2.24) is 4.90 Å². The predicted octanol–water partition coefficient (Wildman–Crippen LogP) is 1.83. The molecule has 1 aliphatic heterocycles. The van der Waals surface area contributed by atoms with Gasteiger partial charge in [0.25, 0.3) is 5.91 Å². The van der Waals surface area contributed by atoms with Gasteiger partial charge in [0.05, 0.1) is 25.7 Å². The van der Waals surface area contributed by atoms with E-state index in [0.29, 0.717) is 25.1 Å². The second kappa shape index (κ2) is 7.75. The Balaban J connectivity index is 2.14. The van der Waals surface area contributed by atoms with Crippen LogP contribution < -0.4 is 0 Å². The maximum atomic E-state index is 12.6. The van der Waals surface area contributed by atoms with Crippen LogP contribution in [0.4, 0.5) is 0 Å². The molecule has 0 aliphatic carbocycles. The van der Waals surface area contributed by atoms with Crippen LogP contribution in [0.15, 0.2) is 42.0 Å². The number of carbonyl (C=O) groups excluding carboxylic acids is 2. The van der Waals surface area contributed by atoms with E-state index in [1.54, 1.807) is 17.9 Å². The van der Waals surface area contributed by atoms with Crippen molar-refractivity contribution >= 4 is 11.9 Å². The number of esters is 1. The Labute approximate surface area is 130 Å². The van der Waals surface area contributed by atoms with Crippen LogP contribution in [0.1, 0.15) is 31.4 Å². The standard InChI is InChI=1S/C17H21NO4/c1-2-22-16(20)11-14-9-6-10-18(17(14)21)15(12-19)13-7-4-3-5-8-13/h3-5,7-9,15,19H,2,6,10-12H2,1H3/t15-/m0/s1. The number of aliphatic hydroxyl groups excluding tert-OH is 1. The molecule has 0 aromatic heterocycles. The largest absolute Gasteiger partial charge is 0.466 e. The lowest BCUT2D eigenvalue weighted by molar-refractivity contribution is -0.144. The molecule has 1 aliphatic rings. The monoisotopic (exact) mass is 303 g/mol. The molecule has 0 saturated heterocycles. The van der Waals surface area contributed by atoms with E-state index in [9.17, 15) is 14.7 Å². The molecular weight excluding hydrogens is 282 g/mol. The van der Waals surface area contributed by atoms with Gasteiger partial charge in [-0.2, -0.15) is 0 Å². The number of ether oxygens (including phenoxy) is 1. The minimum absolute atomic E-state index is 0.0177. The number of carbonyl (C=O) groups is 2. The van der Waals surface area contributed by atoms with Crippen LogP contribution in [-0.2, 0) is 14.3 Å². The van der Waals surface area contributed by atoms with Crippen molar-refractivity contribution in [3.8, 4) is 0 Å². The fourth-order valence-electron chi connectivity index (χ4n) is 2.62. The summed E-state index contributed by atoms with van der Waals surface area (Å²) in [5.41, 5.74) is 1.33. The normalized spacial score (nSPS) is 16.2. The molecule has 0 saturated carbocycles. The summed E-state index contributed by atoms with van der Waals surface area (Å²) in [6, 6.07) is 9.03. The topological polar surface area (TPSA) is 66.8 Å². The van der Waals surface area contributed by atoms with Crippen molar-refractivity contribution in [2.75, 3.05) is 19.8 Å². The predicted molar refractivity (Wildman–Crippen MR) is 81.9 cm³/mol. The summed E-state index contributed by atoms with van der Waals surface area (Å²) < 4.78 is 4.90. The smallest absolute Gasteiger partial charge is 0.310 e. The third-order valence-corrected chi connectivity index (χ3v) is 3.67. The van der Waals surface area contributed by atoms with Gasteiger partial charge in [0.1, 0.15) is 0 Å². The first-order valence-electron chi connectivity index (χ1n) is 7.48. The van der Waals surface area contributed by atoms with E-state index in [-0.39, 0.29) is 25.0 Å². The van der Waals surface area contributed by atoms with Gasteiger partial charge in [-0.3, -0.25) is 9.59 Å². The molecule has 0 spiro atoms. The minimum atomic E-state index is -0.399. The molecular formula is C17H21NO4. The van der Waals surface area contributed by atoms with Crippen LogP contribution in [0.25, 0.3) is 0 Å². The molecule has 118 valence electrons. The van der Waals surface area contributed by atoms with Gasteiger partial charge >= 0.3 is 5.97 Å². The highest BCUT2D eigenvalue weighted by Gasteiger charge is 2.30. The van der Waals surface area contributed by atoms with E-state index in [0.717, 1.165) is 5.56 Å². The number of rotatable bonds is 6. The number of hydrogen-bond donors (Lipinski definition) is 1. The first-order chi connectivity index (χ1) is 10.7. The van der Waals surface area contributed by atoms with Gasteiger partial charge in [-0.05, 0) is 18.9 Å². The number of aliphatic hydroxyl groups is 1. The first-order valence-corrected chi connectivity index (χ1v) is 7.48. The molecule has 22 heavy (non-hydrogen) atoms.